The number of hydrogen-bond donors (Lipinski definition) is 6. The number of ether oxygens (including phenoxy) is 2. The minimum absolute atomic E-state index is 0.0869. The molecule has 132 valence electrons. The summed E-state index contributed by atoms with van der Waals surface area (Å²) in [5.41, 5.74) is 4.66. The van der Waals surface area contributed by atoms with Gasteiger partial charge in [0, 0.05) is 11.1 Å². The van der Waals surface area contributed by atoms with Crippen molar-refractivity contribution in [3.05, 3.63) is 59.7 Å². The molecule has 0 radical (unpaired) electrons. The number of hydroxylamine groups is 2. The van der Waals surface area contributed by atoms with Gasteiger partial charge < -0.3 is 9.47 Å². The second kappa shape index (κ2) is 8.67. The molecule has 0 aliphatic carbocycles. The average molecular weight is 344 g/mol. The summed E-state index contributed by atoms with van der Waals surface area (Å²) in [6, 6.07) is 13.5. The highest BCUT2D eigenvalue weighted by Gasteiger charge is 2.07. The van der Waals surface area contributed by atoms with Crippen molar-refractivity contribution >= 4 is 11.7 Å². The van der Waals surface area contributed by atoms with Crippen LogP contribution in [0.5, 0.6) is 11.5 Å². The van der Waals surface area contributed by atoms with Crippen molar-refractivity contribution < 1.29 is 19.9 Å². The molecule has 8 heteroatoms. The molecule has 6 N–H and O–H groups in total. The van der Waals surface area contributed by atoms with E-state index in [4.69, 9.17) is 30.7 Å². The van der Waals surface area contributed by atoms with Gasteiger partial charge in [-0.25, -0.2) is 0 Å². The molecule has 0 aliphatic rings. The molecule has 0 saturated carbocycles. The summed E-state index contributed by atoms with van der Waals surface area (Å²) in [6.07, 6.45) is -0.210. The Balaban J connectivity index is 1.85. The Hall–Kier alpha value is -3.10. The zero-order chi connectivity index (χ0) is 18.2. The van der Waals surface area contributed by atoms with Gasteiger partial charge in [0.1, 0.15) is 35.9 Å². The molecule has 2 rings (SSSR count). The molecular formula is C17H20N4O4. The highest BCUT2D eigenvalue weighted by atomic mass is 16.5. The first kappa shape index (κ1) is 18.2. The maximum Gasteiger partial charge on any atom is 0.149 e. The maximum absolute atomic E-state index is 8.69. The summed E-state index contributed by atoms with van der Waals surface area (Å²) < 4.78 is 11.4. The largest absolute Gasteiger partial charge is 0.490 e. The fraction of sp³-hybridized carbons (Fsp3) is 0.176. The normalized spacial score (nSPS) is 11.3. The molecule has 25 heavy (non-hydrogen) atoms. The number of amidine groups is 2. The molecule has 0 bridgehead atoms. The van der Waals surface area contributed by atoms with Crippen LogP contribution >= 0.6 is 0 Å². The van der Waals surface area contributed by atoms with Crippen molar-refractivity contribution in [2.75, 3.05) is 6.61 Å². The van der Waals surface area contributed by atoms with E-state index in [9.17, 15) is 0 Å². The van der Waals surface area contributed by atoms with Crippen LogP contribution in [-0.2, 0) is 0 Å². The second-order valence-electron chi connectivity index (χ2n) is 5.26. The van der Waals surface area contributed by atoms with E-state index >= 15 is 0 Å². The van der Waals surface area contributed by atoms with Crippen LogP contribution in [0, 0.1) is 10.8 Å². The average Bonchev–Trinajstić information content (AvgIpc) is 2.66. The first-order valence-corrected chi connectivity index (χ1v) is 7.51. The smallest absolute Gasteiger partial charge is 0.149 e. The van der Waals surface area contributed by atoms with Gasteiger partial charge in [-0.3, -0.25) is 32.2 Å². The minimum Gasteiger partial charge on any atom is -0.490 e. The Kier molecular flexibility index (Phi) is 6.33. The van der Waals surface area contributed by atoms with Crippen LogP contribution in [0.15, 0.2) is 48.5 Å². The van der Waals surface area contributed by atoms with Crippen LogP contribution in [0.2, 0.25) is 0 Å². The van der Waals surface area contributed by atoms with Crippen molar-refractivity contribution in [3.63, 3.8) is 0 Å². The van der Waals surface area contributed by atoms with E-state index in [-0.39, 0.29) is 17.8 Å². The van der Waals surface area contributed by atoms with Crippen LogP contribution < -0.4 is 20.4 Å². The van der Waals surface area contributed by atoms with Gasteiger partial charge in [0.25, 0.3) is 0 Å². The van der Waals surface area contributed by atoms with E-state index in [0.717, 1.165) is 0 Å². The molecule has 0 fully saturated rings. The standard InChI is InChI=1S/C17H20N4O4/c1-11(25-15-8-4-13(5-9-15)17(19)21-23)10-24-14-6-2-12(3-7-14)16(18)20-22/h2-9,11,22-23H,10H2,1H3,(H2,18,20)(H2,19,21). The van der Waals surface area contributed by atoms with Gasteiger partial charge in [0.15, 0.2) is 0 Å². The topological polar surface area (TPSA) is 131 Å². The predicted molar refractivity (Wildman–Crippen MR) is 92.0 cm³/mol. The highest BCUT2D eigenvalue weighted by molar-refractivity contribution is 5.96. The van der Waals surface area contributed by atoms with Crippen molar-refractivity contribution in [1.29, 1.82) is 10.8 Å². The van der Waals surface area contributed by atoms with Gasteiger partial charge in [-0.1, -0.05) is 0 Å². The SMILES string of the molecule is CC(COc1ccc(C(=N)NO)cc1)Oc1ccc(C(=N)NO)cc1. The second-order valence-corrected chi connectivity index (χ2v) is 5.26. The Morgan fingerprint density at radius 1 is 0.880 bits per heavy atom. The number of rotatable bonds is 7. The Bertz CT molecular complexity index is 716. The zero-order valence-corrected chi connectivity index (χ0v) is 13.6. The van der Waals surface area contributed by atoms with Gasteiger partial charge in [-0.15, -0.1) is 0 Å². The van der Waals surface area contributed by atoms with Gasteiger partial charge in [-0.05, 0) is 55.5 Å². The van der Waals surface area contributed by atoms with E-state index in [1.165, 1.54) is 0 Å². The molecule has 2 aromatic rings. The predicted octanol–water partition coefficient (Wildman–Crippen LogP) is 2.14. The van der Waals surface area contributed by atoms with Crippen LogP contribution in [-0.4, -0.2) is 34.8 Å². The van der Waals surface area contributed by atoms with Gasteiger partial charge in [0.2, 0.25) is 0 Å². The first-order valence-electron chi connectivity index (χ1n) is 7.51. The number of nitrogens with one attached hydrogen (secondary N) is 4. The molecule has 0 spiro atoms. The third-order valence-electron chi connectivity index (χ3n) is 3.33. The molecule has 0 heterocycles. The summed E-state index contributed by atoms with van der Waals surface area (Å²) in [6.45, 7) is 2.19. The first-order chi connectivity index (χ1) is 12.0. The lowest BCUT2D eigenvalue weighted by Crippen LogP contribution is -2.21. The van der Waals surface area contributed by atoms with E-state index in [1.807, 2.05) is 6.92 Å². The highest BCUT2D eigenvalue weighted by Crippen LogP contribution is 2.16. The summed E-state index contributed by atoms with van der Waals surface area (Å²) >= 11 is 0. The molecule has 0 aromatic heterocycles. The summed E-state index contributed by atoms with van der Waals surface area (Å²) in [4.78, 5) is 0. The molecule has 0 saturated heterocycles. The Morgan fingerprint density at radius 2 is 1.32 bits per heavy atom. The fourth-order valence-electron chi connectivity index (χ4n) is 2.03. The lowest BCUT2D eigenvalue weighted by molar-refractivity contribution is 0.143. The molecule has 8 nitrogen and oxygen atoms in total. The molecule has 0 aliphatic heterocycles. The lowest BCUT2D eigenvalue weighted by atomic mass is 10.2. The molecule has 0 amide bonds. The zero-order valence-electron chi connectivity index (χ0n) is 13.6. The Morgan fingerprint density at radius 3 is 1.76 bits per heavy atom. The van der Waals surface area contributed by atoms with Gasteiger partial charge >= 0.3 is 0 Å². The molecular weight excluding hydrogens is 324 g/mol. The molecule has 2 aromatic carbocycles. The number of benzene rings is 2. The monoisotopic (exact) mass is 344 g/mol. The summed E-state index contributed by atoms with van der Waals surface area (Å²) in [5, 5.41) is 32.3. The van der Waals surface area contributed by atoms with Crippen molar-refractivity contribution in [3.8, 4) is 11.5 Å². The molecule has 1 atom stereocenters. The van der Waals surface area contributed by atoms with Crippen molar-refractivity contribution in [1.82, 2.24) is 11.0 Å². The fourth-order valence-corrected chi connectivity index (χ4v) is 2.03. The minimum atomic E-state index is -0.210. The van der Waals surface area contributed by atoms with E-state index in [0.29, 0.717) is 29.2 Å². The van der Waals surface area contributed by atoms with Crippen LogP contribution in [0.3, 0.4) is 0 Å². The van der Waals surface area contributed by atoms with Crippen LogP contribution in [0.1, 0.15) is 18.1 Å². The third-order valence-corrected chi connectivity index (χ3v) is 3.33. The quantitative estimate of drug-likeness (QED) is 0.259. The molecule has 1 unspecified atom stereocenters. The summed E-state index contributed by atoms with van der Waals surface area (Å²) in [5.74, 6) is 1.08. The Labute approximate surface area is 145 Å². The number of hydrogen-bond acceptors (Lipinski definition) is 6. The summed E-state index contributed by atoms with van der Waals surface area (Å²) in [7, 11) is 0. The lowest BCUT2D eigenvalue weighted by Gasteiger charge is -2.16. The van der Waals surface area contributed by atoms with Crippen molar-refractivity contribution in [2.24, 2.45) is 0 Å². The van der Waals surface area contributed by atoms with Crippen molar-refractivity contribution in [2.45, 2.75) is 13.0 Å². The van der Waals surface area contributed by atoms with Gasteiger partial charge in [-0.2, -0.15) is 0 Å². The maximum atomic E-state index is 8.69. The van der Waals surface area contributed by atoms with E-state index < -0.39 is 0 Å². The third kappa shape index (κ3) is 5.20. The van der Waals surface area contributed by atoms with Crippen LogP contribution in [0.25, 0.3) is 0 Å². The van der Waals surface area contributed by atoms with E-state index in [1.54, 1.807) is 59.5 Å². The van der Waals surface area contributed by atoms with Crippen LogP contribution in [0.4, 0.5) is 0 Å². The van der Waals surface area contributed by atoms with E-state index in [2.05, 4.69) is 0 Å². The van der Waals surface area contributed by atoms with Gasteiger partial charge in [0.05, 0.1) is 0 Å².